The third-order valence-corrected chi connectivity index (χ3v) is 18.6. The minimum absolute atomic E-state index is 0.0296. The molecular formula is C54H60F3N3O3. The largest absolute Gasteiger partial charge is 0.456 e. The van der Waals surface area contributed by atoms with E-state index in [4.69, 9.17) is 31.4 Å². The molecule has 12 fully saturated rings. The van der Waals surface area contributed by atoms with Gasteiger partial charge in [0.2, 0.25) is 0 Å². The van der Waals surface area contributed by atoms with Gasteiger partial charge in [0, 0.05) is 51.1 Å². The summed E-state index contributed by atoms with van der Waals surface area (Å²) in [6.45, 7) is 0. The number of anilines is 3. The first-order chi connectivity index (χ1) is 30.4. The average molecular weight is 856 g/mol. The van der Waals surface area contributed by atoms with Gasteiger partial charge in [0.15, 0.2) is 0 Å². The monoisotopic (exact) mass is 855 g/mol. The molecule has 12 aliphatic rings. The fraction of sp³-hybridized carbons (Fsp3) is 0.556. The van der Waals surface area contributed by atoms with Crippen LogP contribution in [0.25, 0.3) is 0 Å². The van der Waals surface area contributed by atoms with E-state index >= 15 is 13.2 Å². The van der Waals surface area contributed by atoms with Gasteiger partial charge < -0.3 is 31.4 Å². The minimum atomic E-state index is -0.488. The van der Waals surface area contributed by atoms with Gasteiger partial charge in [-0.05, 0) is 205 Å². The molecule has 6 nitrogen and oxygen atoms in total. The number of hydrogen-bond acceptors (Lipinski definition) is 6. The summed E-state index contributed by atoms with van der Waals surface area (Å²) in [7, 11) is 0. The molecular weight excluding hydrogens is 796 g/mol. The van der Waals surface area contributed by atoms with Gasteiger partial charge in [-0.2, -0.15) is 0 Å². The lowest BCUT2D eigenvalue weighted by Gasteiger charge is -2.61. The van der Waals surface area contributed by atoms with E-state index in [0.29, 0.717) is 70.5 Å². The van der Waals surface area contributed by atoms with Crippen molar-refractivity contribution < 1.29 is 27.4 Å². The van der Waals surface area contributed by atoms with Gasteiger partial charge in [0.25, 0.3) is 0 Å². The Hall–Kier alpha value is -4.53. The first kappa shape index (κ1) is 38.9. The standard InChI is InChI=1S/C54H60F3N3O3/c55-40-4-1-37(16-43(40)58)61-49-46(52-19-28-7-29(20-52)9-30(8-28)21-52)50(62-38-2-5-41(56)44(59)17-38)48(54-25-34-13-35(26-54)15-36(14-34)27-54)51(63-39-3-6-42(57)45(60)18-39)47(49)53-22-31-10-32(23-53)12-33(11-31)24-53/h1-6,16-18,28-36H,7-15,19-27,58-60H2. The Balaban J connectivity index is 1.18. The molecule has 0 aliphatic heterocycles. The predicted molar refractivity (Wildman–Crippen MR) is 239 cm³/mol. The van der Waals surface area contributed by atoms with Crippen molar-refractivity contribution in [2.45, 2.75) is 132 Å². The second-order valence-electron chi connectivity index (χ2n) is 23.1. The van der Waals surface area contributed by atoms with E-state index in [0.717, 1.165) is 91.7 Å². The summed E-state index contributed by atoms with van der Waals surface area (Å²) in [6, 6.07) is 14.2. The third-order valence-electron chi connectivity index (χ3n) is 18.6. The Labute approximate surface area is 368 Å². The van der Waals surface area contributed by atoms with Crippen LogP contribution in [0.2, 0.25) is 0 Å². The fourth-order valence-corrected chi connectivity index (χ4v) is 17.8. The molecule has 0 atom stereocenters. The summed E-state index contributed by atoms with van der Waals surface area (Å²) < 4.78 is 68.0. The van der Waals surface area contributed by atoms with Crippen LogP contribution in [0.5, 0.6) is 34.5 Å². The summed E-state index contributed by atoms with van der Waals surface area (Å²) in [5, 5.41) is 0. The van der Waals surface area contributed by atoms with Crippen molar-refractivity contribution in [3.8, 4) is 34.5 Å². The van der Waals surface area contributed by atoms with Crippen molar-refractivity contribution in [1.82, 2.24) is 0 Å². The van der Waals surface area contributed by atoms with Gasteiger partial charge in [-0.1, -0.05) is 0 Å². The van der Waals surface area contributed by atoms with Crippen LogP contribution in [0, 0.1) is 70.7 Å². The molecule has 0 radical (unpaired) electrons. The van der Waals surface area contributed by atoms with E-state index in [9.17, 15) is 0 Å². The topological polar surface area (TPSA) is 106 Å². The number of nitrogen functional groups attached to an aromatic ring is 3. The van der Waals surface area contributed by atoms with Gasteiger partial charge in [-0.25, -0.2) is 13.2 Å². The lowest BCUT2D eigenvalue weighted by molar-refractivity contribution is -0.0152. The normalized spacial score (nSPS) is 37.5. The summed E-state index contributed by atoms with van der Waals surface area (Å²) in [5.74, 6) is 7.68. The van der Waals surface area contributed by atoms with Crippen LogP contribution in [-0.4, -0.2) is 0 Å². The molecule has 4 aromatic carbocycles. The Morgan fingerprint density at radius 1 is 0.349 bits per heavy atom. The highest BCUT2D eigenvalue weighted by atomic mass is 19.1. The lowest BCUT2D eigenvalue weighted by atomic mass is 9.44. The van der Waals surface area contributed by atoms with Crippen LogP contribution < -0.4 is 31.4 Å². The Morgan fingerprint density at radius 2 is 0.556 bits per heavy atom. The maximum Gasteiger partial charge on any atom is 0.146 e. The highest BCUT2D eigenvalue weighted by Gasteiger charge is 2.61. The smallest absolute Gasteiger partial charge is 0.146 e. The van der Waals surface area contributed by atoms with Crippen LogP contribution in [0.1, 0.15) is 132 Å². The van der Waals surface area contributed by atoms with Crippen LogP contribution in [0.4, 0.5) is 30.2 Å². The zero-order valence-corrected chi connectivity index (χ0v) is 36.2. The second kappa shape index (κ2) is 13.7. The van der Waals surface area contributed by atoms with E-state index in [2.05, 4.69) is 0 Å². The van der Waals surface area contributed by atoms with Crippen molar-refractivity contribution in [2.75, 3.05) is 17.2 Å². The van der Waals surface area contributed by atoms with E-state index in [1.165, 1.54) is 76.0 Å². The van der Waals surface area contributed by atoms with Gasteiger partial charge in [0.1, 0.15) is 51.9 Å². The molecule has 0 spiro atoms. The molecule has 0 aromatic heterocycles. The number of halogens is 3. The SMILES string of the molecule is Nc1cc(Oc2c(C34CC5CC(CC(C5)C3)C4)c(Oc3ccc(F)c(N)c3)c(C34CC5CC(CC(C5)C3)C4)c(Oc3ccc(F)c(N)c3)c2C23CC4CC(CC(C4)C2)C3)ccc1F. The number of nitrogens with two attached hydrogens (primary N) is 3. The van der Waals surface area contributed by atoms with Gasteiger partial charge in [0.05, 0.1) is 17.1 Å². The summed E-state index contributed by atoms with van der Waals surface area (Å²) >= 11 is 0. The minimum Gasteiger partial charge on any atom is -0.456 e. The molecule has 4 aromatic rings. The summed E-state index contributed by atoms with van der Waals surface area (Å²) in [6.07, 6.45) is 20.7. The van der Waals surface area contributed by atoms with E-state index in [1.54, 1.807) is 36.4 Å². The van der Waals surface area contributed by atoms with Gasteiger partial charge in [-0.3, -0.25) is 0 Å². The molecule has 12 aliphatic carbocycles. The van der Waals surface area contributed by atoms with Crippen molar-refractivity contribution in [3.05, 3.63) is 88.7 Å². The molecule has 63 heavy (non-hydrogen) atoms. The maximum atomic E-state index is 15.1. The highest BCUT2D eigenvalue weighted by molar-refractivity contribution is 5.73. The molecule has 0 unspecified atom stereocenters. The summed E-state index contributed by atoms with van der Waals surface area (Å²) in [5.41, 5.74) is 21.8. The first-order valence-electron chi connectivity index (χ1n) is 24.3. The Morgan fingerprint density at radius 3 is 0.746 bits per heavy atom. The summed E-state index contributed by atoms with van der Waals surface area (Å²) in [4.78, 5) is 0. The third kappa shape index (κ3) is 6.16. The molecule has 9 heteroatoms. The number of rotatable bonds is 9. The fourth-order valence-electron chi connectivity index (χ4n) is 17.8. The lowest BCUT2D eigenvalue weighted by Crippen LogP contribution is -2.52. The van der Waals surface area contributed by atoms with Crippen LogP contribution in [-0.2, 0) is 16.2 Å². The van der Waals surface area contributed by atoms with Gasteiger partial charge >= 0.3 is 0 Å². The molecule has 12 bridgehead atoms. The molecule has 0 heterocycles. The van der Waals surface area contributed by atoms with Crippen molar-refractivity contribution in [1.29, 1.82) is 0 Å². The van der Waals surface area contributed by atoms with Crippen molar-refractivity contribution >= 4 is 17.1 Å². The zero-order valence-electron chi connectivity index (χ0n) is 36.2. The molecule has 16 rings (SSSR count). The molecule has 6 N–H and O–H groups in total. The number of hydrogen-bond donors (Lipinski definition) is 3. The Kier molecular flexibility index (Phi) is 8.48. The van der Waals surface area contributed by atoms with Crippen molar-refractivity contribution in [3.63, 3.8) is 0 Å². The molecule has 12 saturated carbocycles. The van der Waals surface area contributed by atoms with Crippen molar-refractivity contribution in [2.24, 2.45) is 53.3 Å². The molecule has 0 saturated heterocycles. The molecule has 330 valence electrons. The predicted octanol–water partition coefficient (Wildman–Crippen LogP) is 13.6. The average Bonchev–Trinajstić information content (AvgIpc) is 3.20. The first-order valence-corrected chi connectivity index (χ1v) is 24.3. The van der Waals surface area contributed by atoms with Crippen LogP contribution >= 0.6 is 0 Å². The zero-order chi connectivity index (χ0) is 42.6. The Bertz CT molecular complexity index is 2150. The highest BCUT2D eigenvalue weighted by Crippen LogP contribution is 2.73. The van der Waals surface area contributed by atoms with Crippen LogP contribution in [0.3, 0.4) is 0 Å². The van der Waals surface area contributed by atoms with E-state index in [-0.39, 0.29) is 33.3 Å². The molecule has 0 amide bonds. The quantitative estimate of drug-likeness (QED) is 0.145. The van der Waals surface area contributed by atoms with E-state index < -0.39 is 17.5 Å². The maximum absolute atomic E-state index is 15.1. The van der Waals surface area contributed by atoms with Gasteiger partial charge in [-0.15, -0.1) is 0 Å². The van der Waals surface area contributed by atoms with Crippen LogP contribution in [0.15, 0.2) is 54.6 Å². The second-order valence-corrected chi connectivity index (χ2v) is 23.1. The van der Waals surface area contributed by atoms with E-state index in [1.807, 2.05) is 0 Å². The number of benzene rings is 4. The number of ether oxygens (including phenoxy) is 3.